The van der Waals surface area contributed by atoms with E-state index < -0.39 is 74.9 Å². The van der Waals surface area contributed by atoms with Crippen molar-refractivity contribution in [2.75, 3.05) is 13.2 Å². The van der Waals surface area contributed by atoms with Crippen LogP contribution in [0.15, 0.2) is 228 Å². The Labute approximate surface area is 615 Å². The Morgan fingerprint density at radius 3 is 1.01 bits per heavy atom. The Hall–Kier alpha value is -5.70. The molecule has 0 aromatic heterocycles. The van der Waals surface area contributed by atoms with Crippen LogP contribution in [0, 0.1) is 5.41 Å². The molecule has 0 radical (unpaired) electrons. The monoisotopic (exact) mass is 1660 g/mol. The summed E-state index contributed by atoms with van der Waals surface area (Å²) in [6.45, 7) is 10.3. The van der Waals surface area contributed by atoms with E-state index in [1.165, 1.54) is 0 Å². The summed E-state index contributed by atoms with van der Waals surface area (Å²) in [7, 11) is 0. The van der Waals surface area contributed by atoms with E-state index in [0.717, 1.165) is 12.2 Å². The molecule has 8 rings (SSSR count). The highest BCUT2D eigenvalue weighted by molar-refractivity contribution is 9.11. The summed E-state index contributed by atoms with van der Waals surface area (Å²) in [6, 6.07) is 56.5. The summed E-state index contributed by atoms with van der Waals surface area (Å²) < 4.78 is 51.2. The van der Waals surface area contributed by atoms with Crippen LogP contribution in [-0.4, -0.2) is 71.9 Å². The van der Waals surface area contributed by atoms with E-state index >= 15 is 9.59 Å². The molecule has 95 heavy (non-hydrogen) atoms. The summed E-state index contributed by atoms with van der Waals surface area (Å²) in [5.41, 5.74) is 0.450. The summed E-state index contributed by atoms with van der Waals surface area (Å²) in [5, 5.41) is 0.374. The predicted molar refractivity (Wildman–Crippen MR) is 388 cm³/mol. The Balaban J connectivity index is 1.20. The van der Waals surface area contributed by atoms with Crippen LogP contribution in [0.2, 0.25) is 30.1 Å². The minimum absolute atomic E-state index is 0.0222. The number of para-hydroxylation sites is 2. The summed E-state index contributed by atoms with van der Waals surface area (Å²) >= 11 is 54.0. The van der Waals surface area contributed by atoms with Gasteiger partial charge in [-0.2, -0.15) is 0 Å². The van der Waals surface area contributed by atoms with Crippen molar-refractivity contribution in [2.45, 2.75) is 85.2 Å². The van der Waals surface area contributed by atoms with Crippen LogP contribution in [-0.2, 0) is 58.4 Å². The van der Waals surface area contributed by atoms with Crippen molar-refractivity contribution in [3.05, 3.63) is 292 Å². The highest BCUT2D eigenvalue weighted by atomic mass is 79.9. The van der Waals surface area contributed by atoms with Gasteiger partial charge in [0, 0.05) is 51.2 Å². The van der Waals surface area contributed by atoms with E-state index in [1.54, 1.807) is 133 Å². The van der Waals surface area contributed by atoms with Crippen LogP contribution in [0.25, 0.3) is 0 Å². The highest BCUT2D eigenvalue weighted by Crippen LogP contribution is 2.49. The second kappa shape index (κ2) is 35.2. The van der Waals surface area contributed by atoms with E-state index in [4.69, 9.17) is 108 Å². The van der Waals surface area contributed by atoms with Crippen molar-refractivity contribution in [1.29, 1.82) is 0 Å². The molecule has 0 heterocycles. The molecule has 0 fully saturated rings. The average Bonchev–Trinajstić information content (AvgIpc) is 0.751. The molecule has 12 nitrogen and oxygen atoms in total. The molecule has 0 bridgehead atoms. The van der Waals surface area contributed by atoms with E-state index in [0.29, 0.717) is 84.0 Å². The zero-order chi connectivity index (χ0) is 68.5. The van der Waals surface area contributed by atoms with Crippen LogP contribution in [0.5, 0.6) is 11.5 Å². The van der Waals surface area contributed by atoms with Crippen molar-refractivity contribution >= 4 is 157 Å². The van der Waals surface area contributed by atoms with Crippen molar-refractivity contribution in [2.24, 2.45) is 5.41 Å². The maximum atomic E-state index is 15.5. The average molecular weight is 1660 g/mol. The maximum absolute atomic E-state index is 15.5. The molecule has 0 aliphatic carbocycles. The number of hydrogen-bond donors (Lipinski definition) is 0. The smallest absolute Gasteiger partial charge is 0.333 e. The lowest BCUT2D eigenvalue weighted by Crippen LogP contribution is -2.41. The van der Waals surface area contributed by atoms with Crippen LogP contribution >= 0.6 is 133 Å². The topological polar surface area (TPSA) is 142 Å². The van der Waals surface area contributed by atoms with Crippen molar-refractivity contribution < 1.29 is 57.1 Å². The van der Waals surface area contributed by atoms with E-state index in [2.05, 4.69) is 76.9 Å². The molecule has 0 amide bonds. The standard InChI is InChI=1S/C73H62Br4Cl6O12/c1-5-63(84)94-69(92-55-13-9-7-10-14-55)67(76)88-43-57(90-65(86)41-72(45-17-25-49(78)26-18-45,46-19-27-50(79)28-20-46)59-35-33-53(82)37-61(59)74)39-71(3,4)40-58(44-89-68(77)70(95-64(85)6-2)93-56-15-11-8-12-16-56)91-66(87)42-73(47-21-29-51(80)30-22-47,48-23-31-52(81)32-24-48)60-36-34-54(83)38-62(60)75/h5-38,57-58,67-70H,1-2,39-44H2,3-4H3. The minimum atomic E-state index is -1.39. The van der Waals surface area contributed by atoms with Gasteiger partial charge in [-0.3, -0.25) is 9.59 Å². The first kappa shape index (κ1) is 75.1. The molecule has 0 saturated carbocycles. The molecular formula is C73H62Br4Cl6O12. The van der Waals surface area contributed by atoms with E-state index in [1.807, 2.05) is 74.5 Å². The van der Waals surface area contributed by atoms with Gasteiger partial charge in [0.2, 0.25) is 0 Å². The maximum Gasteiger partial charge on any atom is 0.333 e. The lowest BCUT2D eigenvalue weighted by molar-refractivity contribution is -0.174. The molecule has 0 spiro atoms. The van der Waals surface area contributed by atoms with Crippen LogP contribution in [0.3, 0.4) is 0 Å². The molecule has 22 heteroatoms. The lowest BCUT2D eigenvalue weighted by atomic mass is 9.67. The van der Waals surface area contributed by atoms with Gasteiger partial charge in [0.05, 0.1) is 36.9 Å². The summed E-state index contributed by atoms with van der Waals surface area (Å²) in [6.07, 6.45) is -3.63. The molecule has 8 aromatic rings. The van der Waals surface area contributed by atoms with Gasteiger partial charge in [-0.25, -0.2) is 9.59 Å². The predicted octanol–water partition coefficient (Wildman–Crippen LogP) is 20.7. The zero-order valence-electron chi connectivity index (χ0n) is 50.9. The number of rotatable bonds is 32. The second-order valence-corrected chi connectivity index (χ2v) is 28.6. The first-order valence-corrected chi connectivity index (χ1v) is 35.0. The lowest BCUT2D eigenvalue weighted by Gasteiger charge is -2.38. The van der Waals surface area contributed by atoms with Gasteiger partial charge in [0.25, 0.3) is 12.6 Å². The molecule has 6 unspecified atom stereocenters. The molecule has 6 atom stereocenters. The normalized spacial score (nSPS) is 13.6. The van der Waals surface area contributed by atoms with E-state index in [-0.39, 0.29) is 38.9 Å². The molecule has 0 aliphatic heterocycles. The number of carbonyl (C=O) groups is 4. The van der Waals surface area contributed by atoms with Gasteiger partial charge in [-0.1, -0.05) is 226 Å². The van der Waals surface area contributed by atoms with Gasteiger partial charge < -0.3 is 37.9 Å². The third-order valence-electron chi connectivity index (χ3n) is 15.2. The molecule has 0 saturated heterocycles. The number of benzene rings is 8. The Bertz CT molecular complexity index is 3570. The van der Waals surface area contributed by atoms with Gasteiger partial charge in [-0.05, 0) is 181 Å². The first-order chi connectivity index (χ1) is 45.4. The molecule has 0 N–H and O–H groups in total. The fourth-order valence-electron chi connectivity index (χ4n) is 11.0. The fourth-order valence-corrected chi connectivity index (χ4v) is 14.3. The number of hydrogen-bond acceptors (Lipinski definition) is 12. The van der Waals surface area contributed by atoms with Crippen LogP contribution in [0.4, 0.5) is 0 Å². The summed E-state index contributed by atoms with van der Waals surface area (Å²) in [5.74, 6) is -2.26. The van der Waals surface area contributed by atoms with Crippen molar-refractivity contribution in [3.63, 3.8) is 0 Å². The number of ether oxygens (including phenoxy) is 8. The largest absolute Gasteiger partial charge is 0.460 e. The number of alkyl halides is 2. The molecular weight excluding hydrogens is 1600 g/mol. The number of carbonyl (C=O) groups excluding carboxylic acids is 4. The Morgan fingerprint density at radius 2 is 0.726 bits per heavy atom. The highest BCUT2D eigenvalue weighted by Gasteiger charge is 2.45. The van der Waals surface area contributed by atoms with Crippen LogP contribution in [0.1, 0.15) is 72.9 Å². The summed E-state index contributed by atoms with van der Waals surface area (Å²) in [4.78, 5) is 56.8. The van der Waals surface area contributed by atoms with Gasteiger partial charge in [0.1, 0.15) is 23.7 Å². The Kier molecular flexibility index (Phi) is 27.8. The van der Waals surface area contributed by atoms with Crippen molar-refractivity contribution in [3.8, 4) is 11.5 Å². The first-order valence-electron chi connectivity index (χ1n) is 29.4. The third kappa shape index (κ3) is 20.7. The quantitative estimate of drug-likeness (QED) is 0.00989. The van der Waals surface area contributed by atoms with E-state index in [9.17, 15) is 9.59 Å². The fraction of sp³-hybridized carbons (Fsp3) is 0.233. The molecule has 496 valence electrons. The number of esters is 4. The second-order valence-electron chi connectivity index (χ2n) is 22.5. The third-order valence-corrected chi connectivity index (χ3v) is 19.4. The van der Waals surface area contributed by atoms with Crippen molar-refractivity contribution in [1.82, 2.24) is 0 Å². The molecule has 8 aromatic carbocycles. The van der Waals surface area contributed by atoms with Crippen LogP contribution < -0.4 is 9.47 Å². The zero-order valence-corrected chi connectivity index (χ0v) is 61.8. The van der Waals surface area contributed by atoms with Gasteiger partial charge in [0.15, 0.2) is 10.0 Å². The number of halogens is 10. The van der Waals surface area contributed by atoms with Gasteiger partial charge in [-0.15, -0.1) is 0 Å². The van der Waals surface area contributed by atoms with Gasteiger partial charge >= 0.3 is 23.9 Å². The SMILES string of the molecule is C=CC(=O)OC(Oc1ccccc1)C(Br)OCC(CC(C)(C)CC(COC(Br)C(OC(=O)C=C)Oc1ccccc1)OC(=O)CC(c1ccc(Cl)cc1)(c1ccc(Cl)cc1)c1ccc(Cl)cc1Br)OC(=O)CC(c1ccc(Cl)cc1)(c1ccc(Cl)cc1)c1ccc(Cl)cc1Br. The Morgan fingerprint density at radius 1 is 0.432 bits per heavy atom. The molecule has 0 aliphatic rings. The minimum Gasteiger partial charge on any atom is -0.460 e.